The third kappa shape index (κ3) is 9.76. The third-order valence-corrected chi connectivity index (χ3v) is 6.27. The average molecular weight is 499 g/mol. The molecule has 1 aromatic carbocycles. The molecule has 7 heteroatoms. The summed E-state index contributed by atoms with van der Waals surface area (Å²) in [4.78, 5) is 27.6. The van der Waals surface area contributed by atoms with Crippen molar-refractivity contribution in [1.29, 1.82) is 0 Å². The fourth-order valence-electron chi connectivity index (χ4n) is 3.96. The summed E-state index contributed by atoms with van der Waals surface area (Å²) in [6.45, 7) is 11.3. The molecule has 0 aliphatic rings. The molecule has 7 nitrogen and oxygen atoms in total. The molecule has 0 spiro atoms. The number of carbonyl (C=O) groups excluding carboxylic acids is 2. The van der Waals surface area contributed by atoms with E-state index in [1.165, 1.54) is 25.7 Å². The number of anilines is 1. The zero-order valence-corrected chi connectivity index (χ0v) is 23.2. The summed E-state index contributed by atoms with van der Waals surface area (Å²) in [7, 11) is 1.60. The van der Waals surface area contributed by atoms with E-state index in [0.29, 0.717) is 25.4 Å². The highest BCUT2D eigenvalue weighted by Gasteiger charge is 2.23. The Balaban J connectivity index is 2.05. The maximum atomic E-state index is 13.1. The molecule has 200 valence electrons. The van der Waals surface area contributed by atoms with E-state index >= 15 is 0 Å². The summed E-state index contributed by atoms with van der Waals surface area (Å²) in [6, 6.07) is 9.93. The Hall–Kier alpha value is -2.67. The molecule has 1 N–H and O–H groups in total. The second kappa shape index (κ2) is 14.8. The monoisotopic (exact) mass is 498 g/mol. The molecule has 0 aliphatic heterocycles. The van der Waals surface area contributed by atoms with Gasteiger partial charge in [-0.25, -0.2) is 4.68 Å². The minimum atomic E-state index is -0.243. The Kier molecular flexibility index (Phi) is 12.1. The summed E-state index contributed by atoms with van der Waals surface area (Å²) in [6.07, 6.45) is 8.52. The molecule has 0 saturated carbocycles. The molecule has 1 aromatic heterocycles. The van der Waals surface area contributed by atoms with E-state index in [1.54, 1.807) is 16.7 Å². The van der Waals surface area contributed by atoms with E-state index in [9.17, 15) is 9.59 Å². The summed E-state index contributed by atoms with van der Waals surface area (Å²) >= 11 is 0. The van der Waals surface area contributed by atoms with Gasteiger partial charge in [0.2, 0.25) is 11.8 Å². The Morgan fingerprint density at radius 3 is 2.28 bits per heavy atom. The molecule has 0 radical (unpaired) electrons. The topological polar surface area (TPSA) is 76.5 Å². The number of aryl methyl sites for hydroxylation is 1. The number of nitrogens with one attached hydrogen (secondary N) is 1. The number of carbonyl (C=O) groups is 2. The van der Waals surface area contributed by atoms with Crippen LogP contribution in [0.3, 0.4) is 0 Å². The Bertz CT molecular complexity index is 944. The summed E-state index contributed by atoms with van der Waals surface area (Å²) in [5.74, 6) is 0.353. The highest BCUT2D eigenvalue weighted by molar-refractivity contribution is 5.94. The molecule has 0 aliphatic carbocycles. The third-order valence-electron chi connectivity index (χ3n) is 6.27. The highest BCUT2D eigenvalue weighted by Crippen LogP contribution is 2.26. The van der Waals surface area contributed by atoms with Gasteiger partial charge in [-0.2, -0.15) is 5.10 Å². The van der Waals surface area contributed by atoms with Gasteiger partial charge >= 0.3 is 0 Å². The number of nitrogens with zero attached hydrogens (tertiary/aromatic N) is 3. The molecule has 1 heterocycles. The fraction of sp³-hybridized carbons (Fsp3) is 0.621. The van der Waals surface area contributed by atoms with Crippen LogP contribution in [0.4, 0.5) is 5.82 Å². The van der Waals surface area contributed by atoms with Gasteiger partial charge in [0, 0.05) is 31.6 Å². The van der Waals surface area contributed by atoms with Crippen LogP contribution in [-0.2, 0) is 19.7 Å². The highest BCUT2D eigenvalue weighted by atomic mass is 16.5. The normalized spacial score (nSPS) is 11.5. The van der Waals surface area contributed by atoms with E-state index in [1.807, 2.05) is 37.3 Å². The number of methoxy groups -OCH3 is 1. The van der Waals surface area contributed by atoms with E-state index in [0.717, 1.165) is 36.2 Å². The van der Waals surface area contributed by atoms with Crippen LogP contribution in [0, 0.1) is 6.92 Å². The van der Waals surface area contributed by atoms with Crippen molar-refractivity contribution in [3.05, 3.63) is 41.6 Å². The summed E-state index contributed by atoms with van der Waals surface area (Å²) in [5.41, 5.74) is 2.73. The van der Waals surface area contributed by atoms with Crippen LogP contribution in [0.1, 0.15) is 90.3 Å². The molecule has 2 rings (SSSR count). The lowest BCUT2D eigenvalue weighted by Crippen LogP contribution is -2.40. The first-order valence-electron chi connectivity index (χ1n) is 13.4. The van der Waals surface area contributed by atoms with Crippen LogP contribution in [0.25, 0.3) is 5.69 Å². The van der Waals surface area contributed by atoms with Crippen molar-refractivity contribution in [2.24, 2.45) is 0 Å². The van der Waals surface area contributed by atoms with Gasteiger partial charge in [-0.1, -0.05) is 83.9 Å². The lowest BCUT2D eigenvalue weighted by atomic mass is 9.92. The van der Waals surface area contributed by atoms with Crippen LogP contribution < -0.4 is 5.32 Å². The van der Waals surface area contributed by atoms with Crippen LogP contribution >= 0.6 is 0 Å². The van der Waals surface area contributed by atoms with Gasteiger partial charge in [0.05, 0.1) is 24.5 Å². The van der Waals surface area contributed by atoms with Gasteiger partial charge in [-0.05, 0) is 25.5 Å². The lowest BCUT2D eigenvalue weighted by molar-refractivity contribution is -0.135. The lowest BCUT2D eigenvalue weighted by Gasteiger charge is -2.22. The largest absolute Gasteiger partial charge is 0.383 e. The zero-order chi connectivity index (χ0) is 26.6. The average Bonchev–Trinajstić information content (AvgIpc) is 3.25. The standard InChI is InChI=1S/C29H46N4O3/c1-7-8-9-10-11-12-13-14-28(35)32(19-20-36-6)22-27(34)30-26-21-25(29(3,4)5)31-33(26)24-17-15-23(2)16-18-24/h15-18,21H,7-14,19-20,22H2,1-6H3,(H,30,34). The van der Waals surface area contributed by atoms with Crippen molar-refractivity contribution in [3.63, 3.8) is 0 Å². The van der Waals surface area contributed by atoms with Crippen molar-refractivity contribution in [2.75, 3.05) is 32.1 Å². The van der Waals surface area contributed by atoms with Gasteiger partial charge in [0.25, 0.3) is 0 Å². The van der Waals surface area contributed by atoms with E-state index in [4.69, 9.17) is 9.84 Å². The number of unbranched alkanes of at least 4 members (excludes halogenated alkanes) is 6. The number of amides is 2. The van der Waals surface area contributed by atoms with E-state index in [-0.39, 0.29) is 23.8 Å². The van der Waals surface area contributed by atoms with E-state index in [2.05, 4.69) is 33.0 Å². The number of ether oxygens (including phenoxy) is 1. The second-order valence-electron chi connectivity index (χ2n) is 10.6. The van der Waals surface area contributed by atoms with E-state index < -0.39 is 0 Å². The van der Waals surface area contributed by atoms with Gasteiger partial charge in [-0.3, -0.25) is 9.59 Å². The molecular formula is C29H46N4O3. The molecule has 2 aromatic rings. The van der Waals surface area contributed by atoms with Crippen LogP contribution in [0.5, 0.6) is 0 Å². The predicted molar refractivity (Wildman–Crippen MR) is 147 cm³/mol. The molecule has 36 heavy (non-hydrogen) atoms. The van der Waals surface area contributed by atoms with Gasteiger partial charge < -0.3 is 15.0 Å². The van der Waals surface area contributed by atoms with Gasteiger partial charge in [0.15, 0.2) is 0 Å². The molecule has 0 atom stereocenters. The number of benzene rings is 1. The number of hydrogen-bond donors (Lipinski definition) is 1. The Morgan fingerprint density at radius 1 is 1.03 bits per heavy atom. The maximum Gasteiger partial charge on any atom is 0.245 e. The Labute approximate surface area is 217 Å². The predicted octanol–water partition coefficient (Wildman–Crippen LogP) is 6.03. The Morgan fingerprint density at radius 2 is 1.67 bits per heavy atom. The number of aromatic nitrogens is 2. The first-order chi connectivity index (χ1) is 17.2. The minimum Gasteiger partial charge on any atom is -0.383 e. The molecule has 0 unspecified atom stereocenters. The molecule has 0 bridgehead atoms. The van der Waals surface area contributed by atoms with Crippen molar-refractivity contribution < 1.29 is 14.3 Å². The molecular weight excluding hydrogens is 452 g/mol. The number of rotatable bonds is 15. The molecule has 0 saturated heterocycles. The van der Waals surface area contributed by atoms with Gasteiger partial charge in [0.1, 0.15) is 5.82 Å². The zero-order valence-electron chi connectivity index (χ0n) is 23.2. The van der Waals surface area contributed by atoms with Crippen LogP contribution in [0.2, 0.25) is 0 Å². The van der Waals surface area contributed by atoms with Crippen LogP contribution in [-0.4, -0.2) is 53.3 Å². The molecule has 0 fully saturated rings. The number of hydrogen-bond acceptors (Lipinski definition) is 4. The van der Waals surface area contributed by atoms with Crippen molar-refractivity contribution in [1.82, 2.24) is 14.7 Å². The fourth-order valence-corrected chi connectivity index (χ4v) is 3.96. The van der Waals surface area contributed by atoms with Crippen molar-refractivity contribution >= 4 is 17.6 Å². The SMILES string of the molecule is CCCCCCCCCC(=O)N(CCOC)CC(=O)Nc1cc(C(C)(C)C)nn1-c1ccc(C)cc1. The maximum absolute atomic E-state index is 13.1. The van der Waals surface area contributed by atoms with Crippen molar-refractivity contribution in [2.45, 2.75) is 91.4 Å². The van der Waals surface area contributed by atoms with Crippen molar-refractivity contribution in [3.8, 4) is 5.69 Å². The summed E-state index contributed by atoms with van der Waals surface area (Å²) < 4.78 is 6.95. The molecule has 2 amide bonds. The first-order valence-corrected chi connectivity index (χ1v) is 13.4. The summed E-state index contributed by atoms with van der Waals surface area (Å²) in [5, 5.41) is 7.78. The van der Waals surface area contributed by atoms with Gasteiger partial charge in [-0.15, -0.1) is 0 Å². The minimum absolute atomic E-state index is 0.00168. The quantitative estimate of drug-likeness (QED) is 0.304. The smallest absolute Gasteiger partial charge is 0.245 e. The van der Waals surface area contributed by atoms with Crippen LogP contribution in [0.15, 0.2) is 30.3 Å². The second-order valence-corrected chi connectivity index (χ2v) is 10.6. The first kappa shape index (κ1) is 29.6.